The van der Waals surface area contributed by atoms with Gasteiger partial charge < -0.3 is 5.73 Å². The largest absolute Gasteiger partial charge is 0.330 e. The molecule has 0 aliphatic heterocycles. The first kappa shape index (κ1) is 9.80. The highest BCUT2D eigenvalue weighted by Crippen LogP contribution is 1.89. The molecule has 0 spiro atoms. The zero-order valence-electron chi connectivity index (χ0n) is 5.99. The van der Waals surface area contributed by atoms with E-state index in [-0.39, 0.29) is 18.0 Å². The molecule has 62 valence electrons. The second-order valence-electron chi connectivity index (χ2n) is 1.79. The second kappa shape index (κ2) is 4.59. The molecule has 0 saturated heterocycles. The molecule has 0 aliphatic rings. The summed E-state index contributed by atoms with van der Waals surface area (Å²) in [4.78, 5) is 21.2. The van der Waals surface area contributed by atoms with Crippen LogP contribution in [-0.2, 0) is 9.59 Å². The van der Waals surface area contributed by atoms with Crippen LogP contribution in [0.2, 0.25) is 0 Å². The highest BCUT2D eigenvalue weighted by Gasteiger charge is 2.14. The average molecular weight is 158 g/mol. The lowest BCUT2D eigenvalue weighted by atomic mass is 10.4. The van der Waals surface area contributed by atoms with Crippen LogP contribution in [0.4, 0.5) is 0 Å². The predicted molar refractivity (Wildman–Crippen MR) is 37.5 cm³/mol. The Hall–Kier alpha value is -1.20. The number of rotatable bonds is 3. The fourth-order valence-electron chi connectivity index (χ4n) is 0.439. The third kappa shape index (κ3) is 2.92. The van der Waals surface area contributed by atoms with E-state index in [4.69, 9.17) is 10.9 Å². The molecule has 0 aromatic carbocycles. The van der Waals surface area contributed by atoms with Crippen molar-refractivity contribution in [3.8, 4) is 0 Å². The Morgan fingerprint density at radius 2 is 2.18 bits per heavy atom. The van der Waals surface area contributed by atoms with Gasteiger partial charge in [0.15, 0.2) is 0 Å². The SMILES string of the molecule is C=CC(=O)N(O)C(=O)CCN. The highest BCUT2D eigenvalue weighted by atomic mass is 16.5. The van der Waals surface area contributed by atoms with Gasteiger partial charge in [0.25, 0.3) is 11.8 Å². The normalized spacial score (nSPS) is 8.91. The molecular weight excluding hydrogens is 148 g/mol. The highest BCUT2D eigenvalue weighted by molar-refractivity contribution is 5.99. The van der Waals surface area contributed by atoms with Gasteiger partial charge >= 0.3 is 0 Å². The monoisotopic (exact) mass is 158 g/mol. The molecule has 0 rings (SSSR count). The Labute approximate surface area is 64.0 Å². The molecule has 11 heavy (non-hydrogen) atoms. The molecular formula is C6H10N2O3. The van der Waals surface area contributed by atoms with Crippen molar-refractivity contribution >= 4 is 11.8 Å². The number of hydrogen-bond acceptors (Lipinski definition) is 4. The molecule has 2 amide bonds. The summed E-state index contributed by atoms with van der Waals surface area (Å²) in [6, 6.07) is 0. The van der Waals surface area contributed by atoms with Crippen molar-refractivity contribution in [3.63, 3.8) is 0 Å². The van der Waals surface area contributed by atoms with Crippen molar-refractivity contribution in [1.29, 1.82) is 0 Å². The molecule has 0 saturated carbocycles. The van der Waals surface area contributed by atoms with Crippen LogP contribution in [0.25, 0.3) is 0 Å². The zero-order valence-corrected chi connectivity index (χ0v) is 5.99. The summed E-state index contributed by atoms with van der Waals surface area (Å²) in [7, 11) is 0. The number of amides is 2. The molecule has 5 heteroatoms. The third-order valence-electron chi connectivity index (χ3n) is 0.978. The minimum atomic E-state index is -0.844. The molecule has 0 fully saturated rings. The summed E-state index contributed by atoms with van der Waals surface area (Å²) in [5.41, 5.74) is 5.01. The first-order valence-electron chi connectivity index (χ1n) is 3.01. The fraction of sp³-hybridized carbons (Fsp3) is 0.333. The quantitative estimate of drug-likeness (QED) is 0.322. The van der Waals surface area contributed by atoms with Gasteiger partial charge in [-0.1, -0.05) is 6.58 Å². The molecule has 0 heterocycles. The Morgan fingerprint density at radius 3 is 2.55 bits per heavy atom. The molecule has 3 N–H and O–H groups in total. The van der Waals surface area contributed by atoms with Crippen LogP contribution < -0.4 is 5.73 Å². The molecule has 0 bridgehead atoms. The van der Waals surface area contributed by atoms with Crippen LogP contribution in [0.1, 0.15) is 6.42 Å². The summed E-state index contributed by atoms with van der Waals surface area (Å²) in [5.74, 6) is -1.57. The molecule has 0 aromatic heterocycles. The first-order valence-corrected chi connectivity index (χ1v) is 3.01. The molecule has 0 radical (unpaired) electrons. The van der Waals surface area contributed by atoms with Gasteiger partial charge in [0, 0.05) is 13.0 Å². The first-order chi connectivity index (χ1) is 5.13. The van der Waals surface area contributed by atoms with E-state index in [2.05, 4.69) is 6.58 Å². The number of imide groups is 1. The van der Waals surface area contributed by atoms with Crippen molar-refractivity contribution < 1.29 is 14.8 Å². The maximum Gasteiger partial charge on any atom is 0.276 e. The van der Waals surface area contributed by atoms with Crippen LogP contribution in [0.3, 0.4) is 0 Å². The van der Waals surface area contributed by atoms with Crippen LogP contribution in [0.5, 0.6) is 0 Å². The van der Waals surface area contributed by atoms with Gasteiger partial charge in [-0.3, -0.25) is 14.8 Å². The van der Waals surface area contributed by atoms with E-state index in [1.165, 1.54) is 0 Å². The Bertz CT molecular complexity index is 179. The number of carbonyl (C=O) groups is 2. The van der Waals surface area contributed by atoms with Crippen LogP contribution >= 0.6 is 0 Å². The minimum absolute atomic E-state index is 0.000139. The number of carbonyl (C=O) groups excluding carboxylic acids is 2. The van der Waals surface area contributed by atoms with Crippen molar-refractivity contribution in [3.05, 3.63) is 12.7 Å². The lowest BCUT2D eigenvalue weighted by Crippen LogP contribution is -2.33. The topological polar surface area (TPSA) is 83.6 Å². The molecule has 5 nitrogen and oxygen atoms in total. The number of hydrogen-bond donors (Lipinski definition) is 2. The molecule has 0 atom stereocenters. The van der Waals surface area contributed by atoms with Crippen LogP contribution in [0.15, 0.2) is 12.7 Å². The van der Waals surface area contributed by atoms with E-state index >= 15 is 0 Å². The van der Waals surface area contributed by atoms with Crippen molar-refractivity contribution in [2.24, 2.45) is 5.73 Å². The van der Waals surface area contributed by atoms with E-state index in [0.717, 1.165) is 6.08 Å². The number of hydroxylamine groups is 2. The smallest absolute Gasteiger partial charge is 0.276 e. The average Bonchev–Trinajstić information content (AvgIpc) is 2.02. The van der Waals surface area contributed by atoms with Crippen molar-refractivity contribution in [1.82, 2.24) is 5.06 Å². The van der Waals surface area contributed by atoms with Gasteiger partial charge in [0.05, 0.1) is 0 Å². The fourth-order valence-corrected chi connectivity index (χ4v) is 0.439. The van der Waals surface area contributed by atoms with E-state index in [1.807, 2.05) is 0 Å². The van der Waals surface area contributed by atoms with Crippen molar-refractivity contribution in [2.75, 3.05) is 6.54 Å². The van der Waals surface area contributed by atoms with Gasteiger partial charge in [-0.15, -0.1) is 0 Å². The third-order valence-corrected chi connectivity index (χ3v) is 0.978. The summed E-state index contributed by atoms with van der Waals surface area (Å²) in [5, 5.41) is 8.72. The van der Waals surface area contributed by atoms with Gasteiger partial charge in [0.1, 0.15) is 0 Å². The van der Waals surface area contributed by atoms with Crippen LogP contribution in [-0.4, -0.2) is 28.6 Å². The van der Waals surface area contributed by atoms with Gasteiger partial charge in [-0.2, -0.15) is 5.06 Å². The van der Waals surface area contributed by atoms with E-state index in [1.54, 1.807) is 0 Å². The number of nitrogens with zero attached hydrogens (tertiary/aromatic N) is 1. The maximum absolute atomic E-state index is 10.7. The summed E-state index contributed by atoms with van der Waals surface area (Å²) >= 11 is 0. The lowest BCUT2D eigenvalue weighted by molar-refractivity contribution is -0.175. The zero-order chi connectivity index (χ0) is 8.85. The molecule has 0 aliphatic carbocycles. The molecule has 0 unspecified atom stereocenters. The summed E-state index contributed by atoms with van der Waals surface area (Å²) in [6.07, 6.45) is 0.782. The van der Waals surface area contributed by atoms with Gasteiger partial charge in [0.2, 0.25) is 0 Å². The maximum atomic E-state index is 10.7. The Morgan fingerprint density at radius 1 is 1.64 bits per heavy atom. The minimum Gasteiger partial charge on any atom is -0.330 e. The van der Waals surface area contributed by atoms with Gasteiger partial charge in [-0.05, 0) is 6.08 Å². The lowest BCUT2D eigenvalue weighted by Gasteiger charge is -2.08. The van der Waals surface area contributed by atoms with Gasteiger partial charge in [-0.25, -0.2) is 0 Å². The number of nitrogens with two attached hydrogens (primary N) is 1. The summed E-state index contributed by atoms with van der Waals surface area (Å²) in [6.45, 7) is 3.19. The predicted octanol–water partition coefficient (Wildman–Crippen LogP) is -0.734. The van der Waals surface area contributed by atoms with Crippen molar-refractivity contribution in [2.45, 2.75) is 6.42 Å². The second-order valence-corrected chi connectivity index (χ2v) is 1.79. The Kier molecular flexibility index (Phi) is 4.09. The molecule has 0 aromatic rings. The Balaban J connectivity index is 4.01. The standard InChI is InChI=1S/C6H10N2O3/c1-2-5(9)8(11)6(10)3-4-7/h2,11H,1,3-4,7H2. The summed E-state index contributed by atoms with van der Waals surface area (Å²) < 4.78 is 0. The van der Waals surface area contributed by atoms with E-state index in [0.29, 0.717) is 0 Å². The van der Waals surface area contributed by atoms with E-state index < -0.39 is 11.8 Å². The van der Waals surface area contributed by atoms with E-state index in [9.17, 15) is 9.59 Å². The van der Waals surface area contributed by atoms with Crippen LogP contribution in [0, 0.1) is 0 Å².